The van der Waals surface area contributed by atoms with E-state index in [1.807, 2.05) is 42.6 Å². The Balaban J connectivity index is 0.000000214. The summed E-state index contributed by atoms with van der Waals surface area (Å²) >= 11 is 0. The summed E-state index contributed by atoms with van der Waals surface area (Å²) in [4.78, 5) is 38.7. The van der Waals surface area contributed by atoms with E-state index in [4.69, 9.17) is 5.11 Å². The maximum absolute atomic E-state index is 13.0. The van der Waals surface area contributed by atoms with Gasteiger partial charge in [-0.15, -0.1) is 0 Å². The molecular weight excluding hydrogens is 468 g/mol. The highest BCUT2D eigenvalue weighted by Crippen LogP contribution is 2.33. The Morgan fingerprint density at radius 3 is 2.19 bits per heavy atom. The second kappa shape index (κ2) is 11.7. The van der Waals surface area contributed by atoms with Gasteiger partial charge in [-0.3, -0.25) is 24.3 Å². The Bertz CT molecular complexity index is 1410. The van der Waals surface area contributed by atoms with Crippen LogP contribution in [0.5, 0.6) is 0 Å². The number of carbonyl (C=O) groups is 3. The van der Waals surface area contributed by atoms with Crippen molar-refractivity contribution in [3.05, 3.63) is 101 Å². The molecule has 0 saturated heterocycles. The van der Waals surface area contributed by atoms with Gasteiger partial charge in [-0.05, 0) is 54.6 Å². The monoisotopic (exact) mass is 491 g/mol. The van der Waals surface area contributed by atoms with E-state index in [2.05, 4.69) is 24.0 Å². The van der Waals surface area contributed by atoms with Crippen LogP contribution in [-0.4, -0.2) is 34.9 Å². The van der Waals surface area contributed by atoms with E-state index in [0.29, 0.717) is 0 Å². The first-order chi connectivity index (χ1) is 17.2. The first kappa shape index (κ1) is 26.0. The Kier molecular flexibility index (Phi) is 8.40. The van der Waals surface area contributed by atoms with E-state index >= 15 is 0 Å². The standard InChI is InChI=1S/C18H16N2O.C9H7F2NO3/c1-13-5-3-7-16-15(13)6-4-8-18(16)20(12-21)17-9-10-19-11-14(17)2;10-5-2-1-3-6(11)8(5)9(15)12-4-7(13)14/h3-12H,1-2H3;1-3H,4H2,(H,12,15)(H,13,14). The number of pyridine rings is 1. The molecule has 4 rings (SSSR count). The molecule has 0 aliphatic rings. The lowest BCUT2D eigenvalue weighted by molar-refractivity contribution is -0.135. The van der Waals surface area contributed by atoms with Gasteiger partial charge >= 0.3 is 5.97 Å². The number of carboxylic acids is 1. The fourth-order valence-corrected chi connectivity index (χ4v) is 3.60. The maximum Gasteiger partial charge on any atom is 0.322 e. The largest absolute Gasteiger partial charge is 0.480 e. The molecule has 0 unspecified atom stereocenters. The van der Waals surface area contributed by atoms with Gasteiger partial charge in [-0.1, -0.05) is 36.4 Å². The van der Waals surface area contributed by atoms with Gasteiger partial charge in [-0.25, -0.2) is 8.78 Å². The highest BCUT2D eigenvalue weighted by Gasteiger charge is 2.17. The topological polar surface area (TPSA) is 99.6 Å². The normalized spacial score (nSPS) is 10.2. The molecule has 0 aliphatic heterocycles. The van der Waals surface area contributed by atoms with Crippen molar-refractivity contribution < 1.29 is 28.3 Å². The number of aliphatic carboxylic acids is 1. The number of halogens is 2. The van der Waals surface area contributed by atoms with Crippen molar-refractivity contribution in [3.8, 4) is 0 Å². The lowest BCUT2D eigenvalue weighted by Crippen LogP contribution is -2.30. The van der Waals surface area contributed by atoms with Gasteiger partial charge in [-0.2, -0.15) is 0 Å². The molecule has 0 fully saturated rings. The number of amides is 2. The van der Waals surface area contributed by atoms with Crippen molar-refractivity contribution in [1.82, 2.24) is 10.3 Å². The van der Waals surface area contributed by atoms with Crippen LogP contribution in [0.15, 0.2) is 73.1 Å². The molecule has 36 heavy (non-hydrogen) atoms. The van der Waals surface area contributed by atoms with Crippen molar-refractivity contribution in [3.63, 3.8) is 0 Å². The van der Waals surface area contributed by atoms with E-state index in [1.165, 1.54) is 5.56 Å². The van der Waals surface area contributed by atoms with Crippen molar-refractivity contribution in [1.29, 1.82) is 0 Å². The third-order valence-electron chi connectivity index (χ3n) is 5.32. The molecule has 0 spiro atoms. The van der Waals surface area contributed by atoms with E-state index in [-0.39, 0.29) is 0 Å². The molecule has 7 nitrogen and oxygen atoms in total. The third-order valence-corrected chi connectivity index (χ3v) is 5.32. The summed E-state index contributed by atoms with van der Waals surface area (Å²) in [5, 5.41) is 12.3. The number of rotatable bonds is 6. The lowest BCUT2D eigenvalue weighted by atomic mass is 10.0. The van der Waals surface area contributed by atoms with Crippen LogP contribution < -0.4 is 10.2 Å². The Morgan fingerprint density at radius 2 is 1.56 bits per heavy atom. The van der Waals surface area contributed by atoms with Crippen LogP contribution in [0.1, 0.15) is 21.5 Å². The molecule has 0 aliphatic carbocycles. The molecule has 1 aromatic heterocycles. The van der Waals surface area contributed by atoms with Crippen LogP contribution in [0.25, 0.3) is 10.8 Å². The Hall–Kier alpha value is -4.66. The fourth-order valence-electron chi connectivity index (χ4n) is 3.60. The molecule has 9 heteroatoms. The van der Waals surface area contributed by atoms with Gasteiger partial charge in [0.2, 0.25) is 6.41 Å². The van der Waals surface area contributed by atoms with Crippen LogP contribution in [-0.2, 0) is 9.59 Å². The van der Waals surface area contributed by atoms with Crippen molar-refractivity contribution in [2.75, 3.05) is 11.4 Å². The van der Waals surface area contributed by atoms with Gasteiger partial charge in [0.15, 0.2) is 0 Å². The quantitative estimate of drug-likeness (QED) is 0.373. The van der Waals surface area contributed by atoms with Crippen LogP contribution in [0.4, 0.5) is 20.2 Å². The Morgan fingerprint density at radius 1 is 0.917 bits per heavy atom. The van der Waals surface area contributed by atoms with Crippen LogP contribution in [0.2, 0.25) is 0 Å². The van der Waals surface area contributed by atoms with Crippen LogP contribution in [0.3, 0.4) is 0 Å². The van der Waals surface area contributed by atoms with Gasteiger partial charge in [0, 0.05) is 17.8 Å². The lowest BCUT2D eigenvalue weighted by Gasteiger charge is -2.21. The molecule has 0 atom stereocenters. The highest BCUT2D eigenvalue weighted by molar-refractivity contribution is 6.03. The maximum atomic E-state index is 13.0. The average Bonchev–Trinajstić information content (AvgIpc) is 2.85. The summed E-state index contributed by atoms with van der Waals surface area (Å²) in [6.07, 6.45) is 4.33. The number of carbonyl (C=O) groups excluding carboxylic acids is 2. The highest BCUT2D eigenvalue weighted by atomic mass is 19.1. The first-order valence-electron chi connectivity index (χ1n) is 10.8. The summed E-state index contributed by atoms with van der Waals surface area (Å²) in [7, 11) is 0. The van der Waals surface area contributed by atoms with E-state index in [0.717, 1.165) is 52.3 Å². The average molecular weight is 491 g/mol. The van der Waals surface area contributed by atoms with Crippen molar-refractivity contribution >= 4 is 40.4 Å². The molecule has 0 bridgehead atoms. The fraction of sp³-hybridized carbons (Fsp3) is 0.111. The number of carboxylic acid groups (broad SMARTS) is 1. The zero-order valence-electron chi connectivity index (χ0n) is 19.5. The summed E-state index contributed by atoms with van der Waals surface area (Å²) in [6.45, 7) is 3.34. The van der Waals surface area contributed by atoms with E-state index < -0.39 is 35.6 Å². The number of fused-ring (bicyclic) bond motifs is 1. The molecule has 2 amide bonds. The molecule has 2 N–H and O–H groups in total. The minimum absolute atomic E-state index is 0.688. The SMILES string of the molecule is Cc1cnccc1N(C=O)c1cccc2c(C)cccc12.O=C(O)CNC(=O)c1c(F)cccc1F. The van der Waals surface area contributed by atoms with Crippen LogP contribution >= 0.6 is 0 Å². The minimum Gasteiger partial charge on any atom is -0.480 e. The number of nitrogens with zero attached hydrogens (tertiary/aromatic N) is 2. The van der Waals surface area contributed by atoms with Gasteiger partial charge in [0.1, 0.15) is 23.7 Å². The van der Waals surface area contributed by atoms with Crippen molar-refractivity contribution in [2.24, 2.45) is 0 Å². The summed E-state index contributed by atoms with van der Waals surface area (Å²) in [5.74, 6) is -4.44. The summed E-state index contributed by atoms with van der Waals surface area (Å²) in [6, 6.07) is 17.0. The number of aromatic nitrogens is 1. The zero-order valence-corrected chi connectivity index (χ0v) is 19.5. The summed E-state index contributed by atoms with van der Waals surface area (Å²) < 4.78 is 26.0. The molecule has 1 heterocycles. The number of hydrogen-bond acceptors (Lipinski definition) is 4. The molecule has 4 aromatic rings. The Labute approximate surface area is 206 Å². The predicted octanol–water partition coefficient (Wildman–Crippen LogP) is 4.93. The number of hydrogen-bond donors (Lipinski definition) is 2. The number of nitrogens with one attached hydrogen (secondary N) is 1. The summed E-state index contributed by atoms with van der Waals surface area (Å²) in [5.41, 5.74) is 3.13. The molecule has 0 saturated carbocycles. The van der Waals surface area contributed by atoms with Gasteiger partial charge < -0.3 is 10.4 Å². The third kappa shape index (κ3) is 5.87. The van der Waals surface area contributed by atoms with Gasteiger partial charge in [0.05, 0.1) is 11.4 Å². The molecule has 184 valence electrons. The van der Waals surface area contributed by atoms with Gasteiger partial charge in [0.25, 0.3) is 5.91 Å². The van der Waals surface area contributed by atoms with E-state index in [1.54, 1.807) is 17.3 Å². The minimum atomic E-state index is -1.29. The molecule has 0 radical (unpaired) electrons. The van der Waals surface area contributed by atoms with E-state index in [9.17, 15) is 23.2 Å². The molecular formula is C27H23F2N3O4. The second-order valence-corrected chi connectivity index (χ2v) is 7.76. The zero-order chi connectivity index (χ0) is 26.2. The smallest absolute Gasteiger partial charge is 0.322 e. The number of benzene rings is 3. The predicted molar refractivity (Wildman–Crippen MR) is 132 cm³/mol. The molecule has 3 aromatic carbocycles. The number of anilines is 2. The first-order valence-corrected chi connectivity index (χ1v) is 10.8. The van der Waals surface area contributed by atoms with Crippen LogP contribution in [0, 0.1) is 25.5 Å². The van der Waals surface area contributed by atoms with Crippen molar-refractivity contribution in [2.45, 2.75) is 13.8 Å². The number of aryl methyl sites for hydroxylation is 2. The second-order valence-electron chi connectivity index (χ2n) is 7.76.